The van der Waals surface area contributed by atoms with Crippen molar-refractivity contribution in [3.05, 3.63) is 29.3 Å². The molecule has 0 unspecified atom stereocenters. The standard InChI is InChI=1S/C13H21N5O2S/c1-10-8-11(2)18(16-10)7-5-6-15-21(19,20)13-9-14-17(4)12(13)3/h8-9,15H,5-7H2,1-4H3. The van der Waals surface area contributed by atoms with Gasteiger partial charge in [-0.15, -0.1) is 0 Å². The summed E-state index contributed by atoms with van der Waals surface area (Å²) < 4.78 is 30.4. The number of nitrogens with one attached hydrogen (secondary N) is 1. The minimum absolute atomic E-state index is 0.233. The number of hydrogen-bond acceptors (Lipinski definition) is 4. The van der Waals surface area contributed by atoms with Gasteiger partial charge in [-0.05, 0) is 33.3 Å². The topological polar surface area (TPSA) is 81.8 Å². The molecule has 0 spiro atoms. The first kappa shape index (κ1) is 15.7. The molecule has 0 aromatic carbocycles. The minimum Gasteiger partial charge on any atom is -0.272 e. The van der Waals surface area contributed by atoms with Gasteiger partial charge in [0.05, 0.1) is 17.6 Å². The number of sulfonamides is 1. The summed E-state index contributed by atoms with van der Waals surface area (Å²) in [7, 11) is -1.77. The average molecular weight is 311 g/mol. The van der Waals surface area contributed by atoms with E-state index >= 15 is 0 Å². The number of aromatic nitrogens is 4. The molecule has 2 aromatic heterocycles. The Morgan fingerprint density at radius 3 is 2.52 bits per heavy atom. The van der Waals surface area contributed by atoms with Gasteiger partial charge in [0.2, 0.25) is 10.0 Å². The zero-order chi connectivity index (χ0) is 15.6. The summed E-state index contributed by atoms with van der Waals surface area (Å²) in [6.45, 7) is 6.72. The highest BCUT2D eigenvalue weighted by atomic mass is 32.2. The van der Waals surface area contributed by atoms with Crippen LogP contribution >= 0.6 is 0 Å². The van der Waals surface area contributed by atoms with E-state index in [0.29, 0.717) is 25.2 Å². The predicted molar refractivity (Wildman–Crippen MR) is 79.5 cm³/mol. The molecular weight excluding hydrogens is 290 g/mol. The minimum atomic E-state index is -3.49. The quantitative estimate of drug-likeness (QED) is 0.804. The first-order chi connectivity index (χ1) is 9.81. The smallest absolute Gasteiger partial charge is 0.243 e. The third-order valence-electron chi connectivity index (χ3n) is 3.42. The van der Waals surface area contributed by atoms with Crippen molar-refractivity contribution in [1.29, 1.82) is 0 Å². The molecule has 21 heavy (non-hydrogen) atoms. The Bertz CT molecular complexity index is 730. The van der Waals surface area contributed by atoms with Crippen molar-refractivity contribution in [3.63, 3.8) is 0 Å². The molecule has 8 heteroatoms. The molecule has 7 nitrogen and oxygen atoms in total. The van der Waals surface area contributed by atoms with E-state index in [9.17, 15) is 8.42 Å². The van der Waals surface area contributed by atoms with Crippen LogP contribution in [0.1, 0.15) is 23.5 Å². The summed E-state index contributed by atoms with van der Waals surface area (Å²) >= 11 is 0. The van der Waals surface area contributed by atoms with Gasteiger partial charge < -0.3 is 0 Å². The average Bonchev–Trinajstić information content (AvgIpc) is 2.89. The van der Waals surface area contributed by atoms with Crippen molar-refractivity contribution in [2.75, 3.05) is 6.54 Å². The summed E-state index contributed by atoms with van der Waals surface area (Å²) in [6.07, 6.45) is 2.05. The van der Waals surface area contributed by atoms with Crippen molar-refractivity contribution >= 4 is 10.0 Å². The van der Waals surface area contributed by atoms with Crippen LogP contribution in [-0.2, 0) is 23.6 Å². The van der Waals surface area contributed by atoms with E-state index in [1.165, 1.54) is 6.20 Å². The van der Waals surface area contributed by atoms with Crippen LogP contribution in [0.2, 0.25) is 0 Å². The van der Waals surface area contributed by atoms with Gasteiger partial charge in [-0.2, -0.15) is 10.2 Å². The van der Waals surface area contributed by atoms with Crippen molar-refractivity contribution in [1.82, 2.24) is 24.3 Å². The van der Waals surface area contributed by atoms with Crippen LogP contribution < -0.4 is 4.72 Å². The lowest BCUT2D eigenvalue weighted by Gasteiger charge is -2.07. The molecule has 0 saturated heterocycles. The zero-order valence-corrected chi connectivity index (χ0v) is 13.6. The van der Waals surface area contributed by atoms with Crippen LogP contribution in [0.5, 0.6) is 0 Å². The highest BCUT2D eigenvalue weighted by Gasteiger charge is 2.19. The second kappa shape index (κ2) is 5.98. The zero-order valence-electron chi connectivity index (χ0n) is 12.8. The van der Waals surface area contributed by atoms with Crippen LogP contribution in [0, 0.1) is 20.8 Å². The molecule has 2 aromatic rings. The maximum atomic E-state index is 12.2. The van der Waals surface area contributed by atoms with E-state index in [0.717, 1.165) is 11.4 Å². The van der Waals surface area contributed by atoms with Crippen molar-refractivity contribution < 1.29 is 8.42 Å². The van der Waals surface area contributed by atoms with Gasteiger partial charge in [-0.25, -0.2) is 13.1 Å². The van der Waals surface area contributed by atoms with Gasteiger partial charge in [0.15, 0.2) is 0 Å². The lowest BCUT2D eigenvalue weighted by atomic mass is 10.4. The Labute approximate surface area is 125 Å². The molecule has 0 aliphatic rings. The Balaban J connectivity index is 1.91. The number of aryl methyl sites for hydroxylation is 4. The fourth-order valence-electron chi connectivity index (χ4n) is 2.16. The van der Waals surface area contributed by atoms with E-state index in [2.05, 4.69) is 14.9 Å². The highest BCUT2D eigenvalue weighted by molar-refractivity contribution is 7.89. The van der Waals surface area contributed by atoms with E-state index < -0.39 is 10.0 Å². The molecule has 2 heterocycles. The summed E-state index contributed by atoms with van der Waals surface area (Å²) in [5.74, 6) is 0. The van der Waals surface area contributed by atoms with Gasteiger partial charge in [-0.3, -0.25) is 9.36 Å². The van der Waals surface area contributed by atoms with E-state index in [1.807, 2.05) is 24.6 Å². The summed E-state index contributed by atoms with van der Waals surface area (Å²) in [4.78, 5) is 0.233. The molecule has 0 saturated carbocycles. The van der Waals surface area contributed by atoms with Gasteiger partial charge >= 0.3 is 0 Å². The van der Waals surface area contributed by atoms with E-state index in [4.69, 9.17) is 0 Å². The number of nitrogens with zero attached hydrogens (tertiary/aromatic N) is 4. The lowest BCUT2D eigenvalue weighted by molar-refractivity contribution is 0.544. The maximum absolute atomic E-state index is 12.2. The van der Waals surface area contributed by atoms with Crippen LogP contribution in [0.3, 0.4) is 0 Å². The maximum Gasteiger partial charge on any atom is 0.243 e. The van der Waals surface area contributed by atoms with Crippen LogP contribution in [-0.4, -0.2) is 34.5 Å². The van der Waals surface area contributed by atoms with Crippen molar-refractivity contribution in [3.8, 4) is 0 Å². The highest BCUT2D eigenvalue weighted by Crippen LogP contribution is 2.12. The Kier molecular flexibility index (Phi) is 4.48. The molecule has 2 rings (SSSR count). The molecule has 1 N–H and O–H groups in total. The Morgan fingerprint density at radius 2 is 2.00 bits per heavy atom. The molecule has 0 aliphatic carbocycles. The molecular formula is C13H21N5O2S. The predicted octanol–water partition coefficient (Wildman–Crippen LogP) is 0.910. The Hall–Kier alpha value is -1.67. The fourth-order valence-corrected chi connectivity index (χ4v) is 3.43. The van der Waals surface area contributed by atoms with Crippen LogP contribution in [0.15, 0.2) is 17.2 Å². The molecule has 0 amide bonds. The van der Waals surface area contributed by atoms with Crippen LogP contribution in [0.25, 0.3) is 0 Å². The molecule has 116 valence electrons. The summed E-state index contributed by atoms with van der Waals surface area (Å²) in [6, 6.07) is 2.00. The first-order valence-corrected chi connectivity index (χ1v) is 8.29. The molecule has 0 radical (unpaired) electrons. The molecule has 0 atom stereocenters. The van der Waals surface area contributed by atoms with Crippen molar-refractivity contribution in [2.24, 2.45) is 7.05 Å². The second-order valence-electron chi connectivity index (χ2n) is 5.12. The molecule has 0 aliphatic heterocycles. The number of hydrogen-bond donors (Lipinski definition) is 1. The van der Waals surface area contributed by atoms with E-state index in [-0.39, 0.29) is 4.90 Å². The van der Waals surface area contributed by atoms with E-state index in [1.54, 1.807) is 18.7 Å². The monoisotopic (exact) mass is 311 g/mol. The SMILES string of the molecule is Cc1cc(C)n(CCCNS(=O)(=O)c2cnn(C)c2C)n1. The van der Waals surface area contributed by atoms with Gasteiger partial charge in [0.25, 0.3) is 0 Å². The van der Waals surface area contributed by atoms with Gasteiger partial charge in [0.1, 0.15) is 4.90 Å². The second-order valence-corrected chi connectivity index (χ2v) is 6.85. The summed E-state index contributed by atoms with van der Waals surface area (Å²) in [5, 5.41) is 8.30. The van der Waals surface area contributed by atoms with Crippen LogP contribution in [0.4, 0.5) is 0 Å². The third kappa shape index (κ3) is 3.51. The van der Waals surface area contributed by atoms with Gasteiger partial charge in [0, 0.05) is 25.8 Å². The number of rotatable bonds is 6. The van der Waals surface area contributed by atoms with Gasteiger partial charge in [-0.1, -0.05) is 0 Å². The van der Waals surface area contributed by atoms with Crippen molar-refractivity contribution in [2.45, 2.75) is 38.6 Å². The first-order valence-electron chi connectivity index (χ1n) is 6.80. The molecule has 0 bridgehead atoms. The normalized spacial score (nSPS) is 12.0. The fraction of sp³-hybridized carbons (Fsp3) is 0.538. The largest absolute Gasteiger partial charge is 0.272 e. The lowest BCUT2D eigenvalue weighted by Crippen LogP contribution is -2.26. The summed E-state index contributed by atoms with van der Waals surface area (Å²) in [5.41, 5.74) is 2.68. The third-order valence-corrected chi connectivity index (χ3v) is 4.99. The Morgan fingerprint density at radius 1 is 1.29 bits per heavy atom. The molecule has 0 fully saturated rings.